The summed E-state index contributed by atoms with van der Waals surface area (Å²) in [5.41, 5.74) is 6.51. The van der Waals surface area contributed by atoms with Crippen LogP contribution in [0, 0.1) is 5.41 Å². The Hall–Kier alpha value is -0.120. The Bertz CT molecular complexity index is 244. The highest BCUT2D eigenvalue weighted by atomic mass is 15.3. The topological polar surface area (TPSA) is 32.5 Å². The number of nitrogens with zero attached hydrogens (tertiary/aromatic N) is 2. The molecule has 1 aliphatic carbocycles. The molecule has 2 rings (SSSR count). The van der Waals surface area contributed by atoms with Crippen LogP contribution in [0.5, 0.6) is 0 Å². The zero-order valence-corrected chi connectivity index (χ0v) is 12.3. The molecular formula is C15H31N3. The normalized spacial score (nSPS) is 28.3. The van der Waals surface area contributed by atoms with E-state index in [4.69, 9.17) is 5.73 Å². The van der Waals surface area contributed by atoms with Gasteiger partial charge in [-0.05, 0) is 50.9 Å². The Morgan fingerprint density at radius 1 is 1.22 bits per heavy atom. The van der Waals surface area contributed by atoms with Crippen LogP contribution in [0.2, 0.25) is 0 Å². The summed E-state index contributed by atoms with van der Waals surface area (Å²) in [7, 11) is 0. The van der Waals surface area contributed by atoms with Gasteiger partial charge in [0.15, 0.2) is 0 Å². The average Bonchev–Trinajstić information content (AvgIpc) is 3.02. The van der Waals surface area contributed by atoms with Crippen LogP contribution in [-0.2, 0) is 0 Å². The fourth-order valence-electron chi connectivity index (χ4n) is 4.02. The summed E-state index contributed by atoms with van der Waals surface area (Å²) in [4.78, 5) is 5.30. The molecule has 0 aromatic carbocycles. The molecule has 1 atom stereocenters. The van der Waals surface area contributed by atoms with Crippen LogP contribution in [0.1, 0.15) is 46.0 Å². The molecular weight excluding hydrogens is 222 g/mol. The van der Waals surface area contributed by atoms with Gasteiger partial charge >= 0.3 is 0 Å². The van der Waals surface area contributed by atoms with Crippen molar-refractivity contribution in [2.24, 2.45) is 11.1 Å². The molecule has 1 aliphatic heterocycles. The van der Waals surface area contributed by atoms with Gasteiger partial charge in [-0.2, -0.15) is 0 Å². The van der Waals surface area contributed by atoms with Crippen molar-refractivity contribution in [3.05, 3.63) is 0 Å². The summed E-state index contributed by atoms with van der Waals surface area (Å²) in [6.45, 7) is 11.6. The molecule has 1 saturated heterocycles. The Labute approximate surface area is 113 Å². The fourth-order valence-corrected chi connectivity index (χ4v) is 4.02. The second-order valence-corrected chi connectivity index (χ2v) is 6.31. The zero-order chi connectivity index (χ0) is 13.0. The van der Waals surface area contributed by atoms with Gasteiger partial charge in [-0.1, -0.05) is 26.7 Å². The van der Waals surface area contributed by atoms with Crippen molar-refractivity contribution in [3.63, 3.8) is 0 Å². The van der Waals surface area contributed by atoms with Gasteiger partial charge in [0.1, 0.15) is 0 Å². The molecule has 2 aliphatic rings. The number of likely N-dealkylation sites (tertiary alicyclic amines) is 1. The lowest BCUT2D eigenvalue weighted by atomic mass is 9.86. The molecule has 0 radical (unpaired) electrons. The third-order valence-electron chi connectivity index (χ3n) is 5.23. The van der Waals surface area contributed by atoms with Crippen molar-refractivity contribution in [3.8, 4) is 0 Å². The smallest absolute Gasteiger partial charge is 0.0235 e. The van der Waals surface area contributed by atoms with E-state index < -0.39 is 0 Å². The van der Waals surface area contributed by atoms with Crippen LogP contribution in [0.3, 0.4) is 0 Å². The highest BCUT2D eigenvalue weighted by Gasteiger charge is 2.36. The first-order chi connectivity index (χ1) is 8.73. The first-order valence-corrected chi connectivity index (χ1v) is 7.89. The Morgan fingerprint density at radius 2 is 1.89 bits per heavy atom. The highest BCUT2D eigenvalue weighted by molar-refractivity contribution is 4.92. The maximum Gasteiger partial charge on any atom is 0.0235 e. The molecule has 106 valence electrons. The Kier molecular flexibility index (Phi) is 5.05. The molecule has 18 heavy (non-hydrogen) atoms. The van der Waals surface area contributed by atoms with Crippen LogP contribution < -0.4 is 5.73 Å². The third-order valence-corrected chi connectivity index (χ3v) is 5.23. The maximum absolute atomic E-state index is 6.06. The molecule has 0 aromatic heterocycles. The van der Waals surface area contributed by atoms with Crippen molar-refractivity contribution < 1.29 is 0 Å². The predicted molar refractivity (Wildman–Crippen MR) is 77.7 cm³/mol. The zero-order valence-electron chi connectivity index (χ0n) is 12.3. The lowest BCUT2D eigenvalue weighted by Gasteiger charge is -2.33. The van der Waals surface area contributed by atoms with E-state index >= 15 is 0 Å². The molecule has 2 fully saturated rings. The van der Waals surface area contributed by atoms with E-state index in [9.17, 15) is 0 Å². The second-order valence-electron chi connectivity index (χ2n) is 6.31. The minimum atomic E-state index is 0.456. The standard InChI is InChI=1S/C15H31N3/c1-3-18(4-2)14-7-10-17(11-14)13-15(12-16)8-5-6-9-15/h14H,3-13,16H2,1-2H3. The molecule has 1 saturated carbocycles. The average molecular weight is 253 g/mol. The Balaban J connectivity index is 1.85. The van der Waals surface area contributed by atoms with Gasteiger partial charge in [-0.25, -0.2) is 0 Å². The first kappa shape index (κ1) is 14.3. The quantitative estimate of drug-likeness (QED) is 0.785. The predicted octanol–water partition coefficient (Wildman–Crippen LogP) is 1.92. The SMILES string of the molecule is CCN(CC)C1CCN(CC2(CN)CCCC2)C1. The van der Waals surface area contributed by atoms with Crippen molar-refractivity contribution in [1.29, 1.82) is 0 Å². The summed E-state index contributed by atoms with van der Waals surface area (Å²) in [5, 5.41) is 0. The number of hydrogen-bond acceptors (Lipinski definition) is 3. The lowest BCUT2D eigenvalue weighted by molar-refractivity contribution is 0.162. The van der Waals surface area contributed by atoms with Gasteiger partial charge in [0.25, 0.3) is 0 Å². The van der Waals surface area contributed by atoms with E-state index in [1.165, 1.54) is 64.8 Å². The molecule has 3 nitrogen and oxygen atoms in total. The van der Waals surface area contributed by atoms with Crippen LogP contribution in [0.4, 0.5) is 0 Å². The molecule has 0 aromatic rings. The first-order valence-electron chi connectivity index (χ1n) is 7.89. The molecule has 0 bridgehead atoms. The molecule has 3 heteroatoms. The number of likely N-dealkylation sites (N-methyl/N-ethyl adjacent to an activating group) is 1. The van der Waals surface area contributed by atoms with E-state index in [0.717, 1.165) is 12.6 Å². The largest absolute Gasteiger partial charge is 0.330 e. The summed E-state index contributed by atoms with van der Waals surface area (Å²) >= 11 is 0. The van der Waals surface area contributed by atoms with E-state index in [-0.39, 0.29) is 0 Å². The fraction of sp³-hybridized carbons (Fsp3) is 1.00. The van der Waals surface area contributed by atoms with E-state index in [2.05, 4.69) is 23.6 Å². The number of nitrogens with two attached hydrogens (primary N) is 1. The highest BCUT2D eigenvalue weighted by Crippen LogP contribution is 2.38. The lowest BCUT2D eigenvalue weighted by Crippen LogP contribution is -2.42. The molecule has 1 heterocycles. The van der Waals surface area contributed by atoms with Crippen LogP contribution in [0.25, 0.3) is 0 Å². The van der Waals surface area contributed by atoms with Crippen LogP contribution >= 0.6 is 0 Å². The van der Waals surface area contributed by atoms with Gasteiger partial charge in [0.2, 0.25) is 0 Å². The molecule has 0 spiro atoms. The van der Waals surface area contributed by atoms with E-state index in [1.807, 2.05) is 0 Å². The minimum Gasteiger partial charge on any atom is -0.330 e. The van der Waals surface area contributed by atoms with Crippen LogP contribution in [-0.4, -0.2) is 55.1 Å². The summed E-state index contributed by atoms with van der Waals surface area (Å²) in [6.07, 6.45) is 6.85. The molecule has 0 amide bonds. The van der Waals surface area contributed by atoms with E-state index in [0.29, 0.717) is 5.41 Å². The van der Waals surface area contributed by atoms with Gasteiger partial charge < -0.3 is 10.6 Å². The van der Waals surface area contributed by atoms with Crippen molar-refractivity contribution in [2.45, 2.75) is 52.0 Å². The summed E-state index contributed by atoms with van der Waals surface area (Å²) in [5.74, 6) is 0. The van der Waals surface area contributed by atoms with Crippen molar-refractivity contribution in [1.82, 2.24) is 9.80 Å². The van der Waals surface area contributed by atoms with Gasteiger partial charge in [-0.15, -0.1) is 0 Å². The maximum atomic E-state index is 6.06. The van der Waals surface area contributed by atoms with Crippen molar-refractivity contribution >= 4 is 0 Å². The van der Waals surface area contributed by atoms with Crippen LogP contribution in [0.15, 0.2) is 0 Å². The van der Waals surface area contributed by atoms with Gasteiger partial charge in [0, 0.05) is 19.1 Å². The molecule has 2 N–H and O–H groups in total. The number of hydrogen-bond donors (Lipinski definition) is 1. The molecule has 1 unspecified atom stereocenters. The van der Waals surface area contributed by atoms with Gasteiger partial charge in [0.05, 0.1) is 0 Å². The minimum absolute atomic E-state index is 0.456. The van der Waals surface area contributed by atoms with Gasteiger partial charge in [-0.3, -0.25) is 4.90 Å². The second kappa shape index (κ2) is 6.36. The number of rotatable bonds is 6. The monoisotopic (exact) mass is 253 g/mol. The summed E-state index contributed by atoms with van der Waals surface area (Å²) < 4.78 is 0. The summed E-state index contributed by atoms with van der Waals surface area (Å²) in [6, 6.07) is 0.788. The van der Waals surface area contributed by atoms with Crippen molar-refractivity contribution in [2.75, 3.05) is 39.3 Å². The van der Waals surface area contributed by atoms with E-state index in [1.54, 1.807) is 0 Å². The Morgan fingerprint density at radius 3 is 2.44 bits per heavy atom. The third kappa shape index (κ3) is 3.06.